The molecule has 0 saturated carbocycles. The van der Waals surface area contributed by atoms with Crippen LogP contribution in [0, 0.1) is 5.92 Å². The number of carbonyl (C=O) groups is 2. The van der Waals surface area contributed by atoms with Crippen LogP contribution >= 0.6 is 0 Å². The molecule has 4 atom stereocenters. The number of anilines is 1. The Labute approximate surface area is 173 Å². The van der Waals surface area contributed by atoms with E-state index in [0.717, 1.165) is 31.5 Å². The highest BCUT2D eigenvalue weighted by atomic mass is 16.6. The number of fused-ring (bicyclic) bond motifs is 3. The van der Waals surface area contributed by atoms with E-state index in [4.69, 9.17) is 4.74 Å². The fourth-order valence-corrected chi connectivity index (χ4v) is 5.14. The van der Waals surface area contributed by atoms with E-state index in [1.165, 1.54) is 5.56 Å². The van der Waals surface area contributed by atoms with E-state index in [1.54, 1.807) is 4.90 Å². The molecular formula is C23H33N3O3. The van der Waals surface area contributed by atoms with Crippen molar-refractivity contribution < 1.29 is 14.3 Å². The standard InChI is InChI=1S/C23H33N3O3/c1-15-16-12-14-26(20(16)17-9-5-6-10-18(17)24-15)21(27)19-11-7-8-13-25(19)22(28)29-23(2,3)4/h5-6,9-10,15-16,19-20,24H,7-8,11-14H2,1-4H3/t15-,16+,19+,20+/m0/s1. The van der Waals surface area contributed by atoms with Crippen molar-refractivity contribution in [3.63, 3.8) is 0 Å². The predicted octanol–water partition coefficient (Wildman–Crippen LogP) is 4.18. The first-order valence-electron chi connectivity index (χ1n) is 10.9. The van der Waals surface area contributed by atoms with Gasteiger partial charge in [0.25, 0.3) is 0 Å². The molecule has 29 heavy (non-hydrogen) atoms. The summed E-state index contributed by atoms with van der Waals surface area (Å²) >= 11 is 0. The van der Waals surface area contributed by atoms with Gasteiger partial charge in [0.2, 0.25) is 5.91 Å². The van der Waals surface area contributed by atoms with E-state index in [0.29, 0.717) is 24.9 Å². The van der Waals surface area contributed by atoms with Crippen molar-refractivity contribution >= 4 is 17.7 Å². The van der Waals surface area contributed by atoms with Crippen molar-refractivity contribution in [1.82, 2.24) is 9.80 Å². The maximum absolute atomic E-state index is 13.7. The molecule has 0 spiro atoms. The maximum Gasteiger partial charge on any atom is 0.410 e. The number of rotatable bonds is 1. The molecule has 1 aromatic carbocycles. The number of nitrogens with one attached hydrogen (secondary N) is 1. The van der Waals surface area contributed by atoms with E-state index in [-0.39, 0.29) is 18.0 Å². The third kappa shape index (κ3) is 3.81. The summed E-state index contributed by atoms with van der Waals surface area (Å²) in [6.45, 7) is 9.13. The molecule has 0 bridgehead atoms. The predicted molar refractivity (Wildman–Crippen MR) is 113 cm³/mol. The molecule has 2 saturated heterocycles. The molecule has 3 heterocycles. The summed E-state index contributed by atoms with van der Waals surface area (Å²) in [5.74, 6) is 0.472. The average molecular weight is 400 g/mol. The minimum absolute atomic E-state index is 0.0759. The lowest BCUT2D eigenvalue weighted by Crippen LogP contribution is -2.54. The summed E-state index contributed by atoms with van der Waals surface area (Å²) in [5, 5.41) is 3.60. The Kier molecular flexibility index (Phi) is 5.21. The summed E-state index contributed by atoms with van der Waals surface area (Å²) in [5.41, 5.74) is 1.75. The Morgan fingerprint density at radius 2 is 1.83 bits per heavy atom. The van der Waals surface area contributed by atoms with E-state index in [1.807, 2.05) is 37.8 Å². The average Bonchev–Trinajstić information content (AvgIpc) is 3.12. The van der Waals surface area contributed by atoms with Crippen LogP contribution in [0.3, 0.4) is 0 Å². The van der Waals surface area contributed by atoms with Gasteiger partial charge in [0.15, 0.2) is 0 Å². The molecule has 1 aromatic rings. The number of ether oxygens (including phenoxy) is 1. The molecule has 6 heteroatoms. The van der Waals surface area contributed by atoms with Gasteiger partial charge in [-0.15, -0.1) is 0 Å². The number of piperidine rings is 1. The van der Waals surface area contributed by atoms with Gasteiger partial charge in [-0.2, -0.15) is 0 Å². The molecule has 2 amide bonds. The molecule has 158 valence electrons. The van der Waals surface area contributed by atoms with Crippen LogP contribution < -0.4 is 5.32 Å². The zero-order valence-corrected chi connectivity index (χ0v) is 18.0. The lowest BCUT2D eigenvalue weighted by molar-refractivity contribution is -0.139. The molecule has 0 radical (unpaired) electrons. The zero-order chi connectivity index (χ0) is 20.8. The van der Waals surface area contributed by atoms with Gasteiger partial charge in [-0.05, 0) is 65.0 Å². The number of benzene rings is 1. The number of hydrogen-bond donors (Lipinski definition) is 1. The number of para-hydroxylation sites is 1. The van der Waals surface area contributed by atoms with Gasteiger partial charge < -0.3 is 15.0 Å². The molecule has 0 aromatic heterocycles. The summed E-state index contributed by atoms with van der Waals surface area (Å²) in [4.78, 5) is 30.2. The van der Waals surface area contributed by atoms with Crippen LogP contribution in [0.5, 0.6) is 0 Å². The van der Waals surface area contributed by atoms with Crippen molar-refractivity contribution in [3.05, 3.63) is 29.8 Å². The Morgan fingerprint density at radius 3 is 2.59 bits per heavy atom. The van der Waals surface area contributed by atoms with E-state index in [9.17, 15) is 9.59 Å². The zero-order valence-electron chi connectivity index (χ0n) is 18.0. The van der Waals surface area contributed by atoms with Crippen LogP contribution in [-0.2, 0) is 9.53 Å². The summed E-state index contributed by atoms with van der Waals surface area (Å²) in [6.07, 6.45) is 3.20. The van der Waals surface area contributed by atoms with Crippen molar-refractivity contribution in [3.8, 4) is 0 Å². The fourth-order valence-electron chi connectivity index (χ4n) is 5.14. The highest BCUT2D eigenvalue weighted by Gasteiger charge is 2.47. The van der Waals surface area contributed by atoms with Gasteiger partial charge in [0, 0.05) is 30.7 Å². The van der Waals surface area contributed by atoms with E-state index < -0.39 is 11.6 Å². The SMILES string of the molecule is C[C@@H]1Nc2ccccc2[C@H]2[C@@H]1CCN2C(=O)[C@H]1CCCCN1C(=O)OC(C)(C)C. The molecule has 6 nitrogen and oxygen atoms in total. The normalized spacial score (nSPS) is 29.0. The topological polar surface area (TPSA) is 61.9 Å². The van der Waals surface area contributed by atoms with E-state index >= 15 is 0 Å². The Bertz CT molecular complexity index is 788. The molecule has 0 unspecified atom stereocenters. The molecular weight excluding hydrogens is 366 g/mol. The minimum atomic E-state index is -0.565. The van der Waals surface area contributed by atoms with Crippen molar-refractivity contribution in [2.24, 2.45) is 5.92 Å². The third-order valence-electron chi connectivity index (χ3n) is 6.45. The van der Waals surface area contributed by atoms with E-state index in [2.05, 4.69) is 24.4 Å². The first kappa shape index (κ1) is 20.0. The Morgan fingerprint density at radius 1 is 1.07 bits per heavy atom. The van der Waals surface area contributed by atoms with Crippen LogP contribution in [0.1, 0.15) is 65.0 Å². The van der Waals surface area contributed by atoms with Crippen molar-refractivity contribution in [1.29, 1.82) is 0 Å². The highest BCUT2D eigenvalue weighted by molar-refractivity contribution is 5.87. The van der Waals surface area contributed by atoms with Gasteiger partial charge in [0.05, 0.1) is 6.04 Å². The van der Waals surface area contributed by atoms with Crippen LogP contribution in [0.25, 0.3) is 0 Å². The monoisotopic (exact) mass is 399 g/mol. The molecule has 4 rings (SSSR count). The largest absolute Gasteiger partial charge is 0.444 e. The Balaban J connectivity index is 1.59. The highest BCUT2D eigenvalue weighted by Crippen LogP contribution is 2.46. The summed E-state index contributed by atoms with van der Waals surface area (Å²) < 4.78 is 5.61. The quantitative estimate of drug-likeness (QED) is 0.770. The number of likely N-dealkylation sites (tertiary alicyclic amines) is 2. The van der Waals surface area contributed by atoms with Crippen LogP contribution in [-0.4, -0.2) is 52.6 Å². The lowest BCUT2D eigenvalue weighted by Gasteiger charge is -2.42. The lowest BCUT2D eigenvalue weighted by atomic mass is 9.83. The van der Waals surface area contributed by atoms with Gasteiger partial charge in [-0.1, -0.05) is 18.2 Å². The molecule has 2 fully saturated rings. The number of nitrogens with zero attached hydrogens (tertiary/aromatic N) is 2. The molecule has 0 aliphatic carbocycles. The number of amides is 2. The second-order valence-corrected chi connectivity index (χ2v) is 9.63. The van der Waals surface area contributed by atoms with Gasteiger partial charge >= 0.3 is 6.09 Å². The Hall–Kier alpha value is -2.24. The first-order chi connectivity index (χ1) is 13.8. The first-order valence-corrected chi connectivity index (χ1v) is 10.9. The number of hydrogen-bond acceptors (Lipinski definition) is 4. The van der Waals surface area contributed by atoms with Gasteiger partial charge in [0.1, 0.15) is 11.6 Å². The second kappa shape index (κ2) is 7.54. The van der Waals surface area contributed by atoms with Crippen molar-refractivity contribution in [2.45, 2.75) is 77.1 Å². The van der Waals surface area contributed by atoms with Crippen molar-refractivity contribution in [2.75, 3.05) is 18.4 Å². The fraction of sp³-hybridized carbons (Fsp3) is 0.652. The molecule has 1 N–H and O–H groups in total. The number of carbonyl (C=O) groups excluding carboxylic acids is 2. The van der Waals surface area contributed by atoms with Crippen LogP contribution in [0.2, 0.25) is 0 Å². The molecule has 3 aliphatic heterocycles. The van der Waals surface area contributed by atoms with Gasteiger partial charge in [-0.25, -0.2) is 4.79 Å². The van der Waals surface area contributed by atoms with Gasteiger partial charge in [-0.3, -0.25) is 9.69 Å². The minimum Gasteiger partial charge on any atom is -0.444 e. The third-order valence-corrected chi connectivity index (χ3v) is 6.45. The van der Waals surface area contributed by atoms with Crippen LogP contribution in [0.15, 0.2) is 24.3 Å². The summed E-state index contributed by atoms with van der Waals surface area (Å²) in [6, 6.07) is 8.28. The smallest absolute Gasteiger partial charge is 0.410 e. The molecule has 3 aliphatic rings. The summed E-state index contributed by atoms with van der Waals surface area (Å²) in [7, 11) is 0. The maximum atomic E-state index is 13.7. The van der Waals surface area contributed by atoms with Crippen LogP contribution in [0.4, 0.5) is 10.5 Å². The second-order valence-electron chi connectivity index (χ2n) is 9.63.